The summed E-state index contributed by atoms with van der Waals surface area (Å²) in [6.07, 6.45) is 5.54. The number of H-pyrrole nitrogens is 1. The number of aromatic nitrogens is 3. The predicted octanol–water partition coefficient (Wildman–Crippen LogP) is 5.01. The van der Waals surface area contributed by atoms with E-state index < -0.39 is 0 Å². The van der Waals surface area contributed by atoms with E-state index in [0.29, 0.717) is 17.7 Å². The van der Waals surface area contributed by atoms with Gasteiger partial charge < -0.3 is 15.6 Å². The van der Waals surface area contributed by atoms with Crippen molar-refractivity contribution < 1.29 is 9.59 Å². The molecule has 0 aliphatic carbocycles. The molecule has 2 amide bonds. The van der Waals surface area contributed by atoms with Crippen LogP contribution in [0.2, 0.25) is 0 Å². The van der Waals surface area contributed by atoms with E-state index in [0.717, 1.165) is 41.0 Å². The summed E-state index contributed by atoms with van der Waals surface area (Å²) in [5, 5.41) is 5.78. The number of fused-ring (bicyclic) bond motifs is 1. The molecule has 0 spiro atoms. The minimum atomic E-state index is -0.210. The van der Waals surface area contributed by atoms with E-state index in [1.54, 1.807) is 18.3 Å². The van der Waals surface area contributed by atoms with Gasteiger partial charge in [0.15, 0.2) is 0 Å². The highest BCUT2D eigenvalue weighted by Gasteiger charge is 2.09. The Hall–Kier alpha value is -4.00. The summed E-state index contributed by atoms with van der Waals surface area (Å²) in [6, 6.07) is 16.5. The number of benzene rings is 2. The van der Waals surface area contributed by atoms with Crippen LogP contribution in [0.25, 0.3) is 22.4 Å². The molecule has 0 aliphatic heterocycles. The first-order valence-corrected chi connectivity index (χ1v) is 10.2. The highest BCUT2D eigenvalue weighted by atomic mass is 16.2. The maximum absolute atomic E-state index is 12.3. The molecule has 0 atom stereocenters. The Labute approximate surface area is 179 Å². The minimum absolute atomic E-state index is 0.0184. The number of unbranched alkanes of at least 4 members (excludes halogenated alkanes) is 1. The first-order valence-electron chi connectivity index (χ1n) is 10.2. The number of hydrogen-bond donors (Lipinski definition) is 3. The van der Waals surface area contributed by atoms with Crippen molar-refractivity contribution in [2.24, 2.45) is 0 Å². The number of amides is 2. The highest BCUT2D eigenvalue weighted by Crippen LogP contribution is 2.24. The van der Waals surface area contributed by atoms with Gasteiger partial charge in [-0.15, -0.1) is 0 Å². The largest absolute Gasteiger partial charge is 0.338 e. The second-order valence-electron chi connectivity index (χ2n) is 7.24. The van der Waals surface area contributed by atoms with Gasteiger partial charge in [-0.2, -0.15) is 0 Å². The van der Waals surface area contributed by atoms with Crippen molar-refractivity contribution in [1.29, 1.82) is 0 Å². The fourth-order valence-electron chi connectivity index (χ4n) is 3.20. The lowest BCUT2D eigenvalue weighted by Gasteiger charge is -2.05. The average molecular weight is 413 g/mol. The Morgan fingerprint density at radius 2 is 1.81 bits per heavy atom. The highest BCUT2D eigenvalue weighted by molar-refractivity contribution is 6.04. The molecule has 4 rings (SSSR count). The van der Waals surface area contributed by atoms with Crippen LogP contribution in [0.4, 0.5) is 11.4 Å². The Morgan fingerprint density at radius 3 is 2.55 bits per heavy atom. The first kappa shape index (κ1) is 20.3. The third kappa shape index (κ3) is 4.95. The monoisotopic (exact) mass is 413 g/mol. The van der Waals surface area contributed by atoms with Gasteiger partial charge in [-0.3, -0.25) is 14.6 Å². The Bertz CT molecular complexity index is 1200. The van der Waals surface area contributed by atoms with E-state index in [-0.39, 0.29) is 11.8 Å². The summed E-state index contributed by atoms with van der Waals surface area (Å²) in [5.41, 5.74) is 4.49. The molecule has 0 bridgehead atoms. The molecule has 3 N–H and O–H groups in total. The molecule has 4 aromatic rings. The van der Waals surface area contributed by atoms with Gasteiger partial charge in [0.2, 0.25) is 5.91 Å². The van der Waals surface area contributed by atoms with Crippen molar-refractivity contribution in [3.8, 4) is 11.4 Å². The summed E-state index contributed by atoms with van der Waals surface area (Å²) in [4.78, 5) is 36.1. The summed E-state index contributed by atoms with van der Waals surface area (Å²) < 4.78 is 0. The summed E-state index contributed by atoms with van der Waals surface area (Å²) in [7, 11) is 0. The van der Waals surface area contributed by atoms with Gasteiger partial charge in [0, 0.05) is 35.8 Å². The Morgan fingerprint density at radius 1 is 1.00 bits per heavy atom. The number of rotatable bonds is 7. The van der Waals surface area contributed by atoms with Crippen molar-refractivity contribution >= 4 is 34.2 Å². The number of nitrogens with one attached hydrogen (secondary N) is 3. The standard InChI is InChI=1S/C24H23N5O2/c1-2-3-6-22(30)26-19-11-12-20-21(14-19)29-23(28-20)16-7-9-18(10-8-16)27-24(31)17-5-4-13-25-15-17/h4-5,7-15H,2-3,6H2,1H3,(H,26,30)(H,27,31)(H,28,29). The summed E-state index contributed by atoms with van der Waals surface area (Å²) in [6.45, 7) is 2.06. The summed E-state index contributed by atoms with van der Waals surface area (Å²) in [5.74, 6) is 0.526. The number of imidazole rings is 1. The lowest BCUT2D eigenvalue weighted by molar-refractivity contribution is -0.116. The Kier molecular flexibility index (Phi) is 6.03. The van der Waals surface area contributed by atoms with Gasteiger partial charge in [-0.05, 0) is 61.0 Å². The van der Waals surface area contributed by atoms with Crippen LogP contribution in [0.15, 0.2) is 67.0 Å². The van der Waals surface area contributed by atoms with Gasteiger partial charge in [0.25, 0.3) is 5.91 Å². The van der Waals surface area contributed by atoms with Crippen molar-refractivity contribution in [3.63, 3.8) is 0 Å². The molecule has 0 aliphatic rings. The van der Waals surface area contributed by atoms with Crippen LogP contribution in [0.3, 0.4) is 0 Å². The topological polar surface area (TPSA) is 99.8 Å². The quantitative estimate of drug-likeness (QED) is 0.397. The smallest absolute Gasteiger partial charge is 0.257 e. The molecule has 0 unspecified atom stereocenters. The van der Waals surface area contributed by atoms with E-state index in [4.69, 9.17) is 0 Å². The number of carbonyl (C=O) groups is 2. The summed E-state index contributed by atoms with van der Waals surface area (Å²) >= 11 is 0. The molecule has 2 aromatic carbocycles. The van der Waals surface area contributed by atoms with Crippen molar-refractivity contribution in [3.05, 3.63) is 72.6 Å². The van der Waals surface area contributed by atoms with E-state index >= 15 is 0 Å². The van der Waals surface area contributed by atoms with Crippen LogP contribution in [-0.2, 0) is 4.79 Å². The minimum Gasteiger partial charge on any atom is -0.338 e. The number of hydrogen-bond acceptors (Lipinski definition) is 4. The number of anilines is 2. The zero-order valence-electron chi connectivity index (χ0n) is 17.2. The molecule has 7 nitrogen and oxygen atoms in total. The number of pyridine rings is 1. The van der Waals surface area contributed by atoms with Crippen molar-refractivity contribution in [2.75, 3.05) is 10.6 Å². The molecule has 0 fully saturated rings. The number of carbonyl (C=O) groups excluding carboxylic acids is 2. The third-order valence-corrected chi connectivity index (χ3v) is 4.86. The van der Waals surface area contributed by atoms with Gasteiger partial charge in [0.1, 0.15) is 5.82 Å². The van der Waals surface area contributed by atoms with Crippen LogP contribution >= 0.6 is 0 Å². The van der Waals surface area contributed by atoms with E-state index in [9.17, 15) is 9.59 Å². The zero-order chi connectivity index (χ0) is 21.6. The molecule has 2 aromatic heterocycles. The third-order valence-electron chi connectivity index (χ3n) is 4.86. The molecule has 7 heteroatoms. The zero-order valence-corrected chi connectivity index (χ0v) is 17.2. The molecule has 156 valence electrons. The second kappa shape index (κ2) is 9.21. The van der Waals surface area contributed by atoms with Crippen molar-refractivity contribution in [2.45, 2.75) is 26.2 Å². The van der Waals surface area contributed by atoms with Crippen LogP contribution in [-0.4, -0.2) is 26.8 Å². The normalized spacial score (nSPS) is 10.7. The van der Waals surface area contributed by atoms with Crippen LogP contribution in [0.1, 0.15) is 36.5 Å². The van der Waals surface area contributed by atoms with Crippen LogP contribution in [0, 0.1) is 0 Å². The molecule has 0 radical (unpaired) electrons. The van der Waals surface area contributed by atoms with Gasteiger partial charge in [-0.1, -0.05) is 13.3 Å². The molecule has 2 heterocycles. The molecular weight excluding hydrogens is 390 g/mol. The first-order chi connectivity index (χ1) is 15.1. The van der Waals surface area contributed by atoms with Crippen LogP contribution in [0.5, 0.6) is 0 Å². The van der Waals surface area contributed by atoms with Gasteiger partial charge >= 0.3 is 0 Å². The van der Waals surface area contributed by atoms with Crippen molar-refractivity contribution in [1.82, 2.24) is 15.0 Å². The molecule has 0 saturated heterocycles. The molecular formula is C24H23N5O2. The van der Waals surface area contributed by atoms with E-state index in [1.165, 1.54) is 6.20 Å². The van der Waals surface area contributed by atoms with Gasteiger partial charge in [-0.25, -0.2) is 4.98 Å². The van der Waals surface area contributed by atoms with Crippen LogP contribution < -0.4 is 10.6 Å². The fourth-order valence-corrected chi connectivity index (χ4v) is 3.20. The molecule has 31 heavy (non-hydrogen) atoms. The average Bonchev–Trinajstić information content (AvgIpc) is 3.22. The van der Waals surface area contributed by atoms with E-state index in [2.05, 4.69) is 32.5 Å². The second-order valence-corrected chi connectivity index (χ2v) is 7.24. The lowest BCUT2D eigenvalue weighted by atomic mass is 10.2. The maximum atomic E-state index is 12.3. The lowest BCUT2D eigenvalue weighted by Crippen LogP contribution is -2.11. The Balaban J connectivity index is 1.47. The SMILES string of the molecule is CCCCC(=O)Nc1ccc2nc(-c3ccc(NC(=O)c4cccnc4)cc3)[nH]c2c1. The maximum Gasteiger partial charge on any atom is 0.257 e. The van der Waals surface area contributed by atoms with E-state index in [1.807, 2.05) is 42.5 Å². The number of nitrogens with zero attached hydrogens (tertiary/aromatic N) is 2. The predicted molar refractivity (Wildman–Crippen MR) is 122 cm³/mol. The molecule has 0 saturated carbocycles. The number of aromatic amines is 1. The fraction of sp³-hybridized carbons (Fsp3) is 0.167. The van der Waals surface area contributed by atoms with Gasteiger partial charge in [0.05, 0.1) is 16.6 Å².